The Hall–Kier alpha value is -2.81. The lowest BCUT2D eigenvalue weighted by atomic mass is 10.00. The Labute approximate surface area is 125 Å². The maximum Gasteiger partial charge on any atom is 0.135 e. The van der Waals surface area contributed by atoms with Gasteiger partial charge >= 0.3 is 0 Å². The normalized spacial score (nSPS) is 11.2. The SMILES string of the molecule is Fc1ccc(-c2nc3ccccc3c3ccccc23)c(F)c1. The Morgan fingerprint density at radius 1 is 0.682 bits per heavy atom. The van der Waals surface area contributed by atoms with Crippen LogP contribution in [-0.2, 0) is 0 Å². The predicted octanol–water partition coefficient (Wildman–Crippen LogP) is 5.33. The smallest absolute Gasteiger partial charge is 0.135 e. The van der Waals surface area contributed by atoms with E-state index in [4.69, 9.17) is 0 Å². The molecule has 0 fully saturated rings. The van der Waals surface area contributed by atoms with Gasteiger partial charge in [-0.25, -0.2) is 13.8 Å². The average Bonchev–Trinajstić information content (AvgIpc) is 2.54. The van der Waals surface area contributed by atoms with Gasteiger partial charge in [-0.3, -0.25) is 0 Å². The summed E-state index contributed by atoms with van der Waals surface area (Å²) in [7, 11) is 0. The Bertz CT molecular complexity index is 1010. The first kappa shape index (κ1) is 12.9. The van der Waals surface area contributed by atoms with Gasteiger partial charge in [0.25, 0.3) is 0 Å². The van der Waals surface area contributed by atoms with Gasteiger partial charge in [0.1, 0.15) is 11.6 Å². The molecule has 0 aliphatic rings. The topological polar surface area (TPSA) is 12.9 Å². The van der Waals surface area contributed by atoms with Gasteiger partial charge in [0, 0.05) is 22.4 Å². The van der Waals surface area contributed by atoms with Gasteiger partial charge in [0.15, 0.2) is 0 Å². The van der Waals surface area contributed by atoms with Gasteiger partial charge in [0.05, 0.1) is 11.2 Å². The molecular weight excluding hydrogens is 280 g/mol. The number of hydrogen-bond acceptors (Lipinski definition) is 1. The molecule has 0 bridgehead atoms. The molecule has 3 aromatic carbocycles. The zero-order valence-corrected chi connectivity index (χ0v) is 11.6. The summed E-state index contributed by atoms with van der Waals surface area (Å²) in [4.78, 5) is 4.60. The first-order valence-corrected chi connectivity index (χ1v) is 6.97. The van der Waals surface area contributed by atoms with Crippen LogP contribution in [0.4, 0.5) is 8.78 Å². The third-order valence-electron chi connectivity index (χ3n) is 3.79. The molecule has 0 unspecified atom stereocenters. The Balaban J connectivity index is 2.16. The molecule has 22 heavy (non-hydrogen) atoms. The lowest BCUT2D eigenvalue weighted by Crippen LogP contribution is -1.93. The van der Waals surface area contributed by atoms with Crippen molar-refractivity contribution in [1.29, 1.82) is 0 Å². The second-order valence-corrected chi connectivity index (χ2v) is 5.15. The number of rotatable bonds is 1. The van der Waals surface area contributed by atoms with Gasteiger partial charge < -0.3 is 0 Å². The molecule has 4 aromatic rings. The quantitative estimate of drug-likeness (QED) is 0.432. The van der Waals surface area contributed by atoms with E-state index in [1.807, 2.05) is 48.5 Å². The van der Waals surface area contributed by atoms with Gasteiger partial charge in [-0.2, -0.15) is 0 Å². The molecule has 0 atom stereocenters. The minimum absolute atomic E-state index is 0.309. The van der Waals surface area contributed by atoms with Crippen LogP contribution in [0.25, 0.3) is 32.9 Å². The van der Waals surface area contributed by atoms with Crippen molar-refractivity contribution in [1.82, 2.24) is 4.98 Å². The lowest BCUT2D eigenvalue weighted by Gasteiger charge is -2.10. The van der Waals surface area contributed by atoms with Crippen molar-refractivity contribution in [3.8, 4) is 11.3 Å². The van der Waals surface area contributed by atoms with E-state index in [2.05, 4.69) is 4.98 Å². The molecule has 1 aromatic heterocycles. The zero-order valence-electron chi connectivity index (χ0n) is 11.6. The fraction of sp³-hybridized carbons (Fsp3) is 0. The first-order valence-electron chi connectivity index (χ1n) is 6.97. The summed E-state index contributed by atoms with van der Waals surface area (Å²) in [6.45, 7) is 0. The van der Waals surface area contributed by atoms with Gasteiger partial charge in [-0.1, -0.05) is 42.5 Å². The second kappa shape index (κ2) is 4.88. The van der Waals surface area contributed by atoms with Crippen LogP contribution >= 0.6 is 0 Å². The number of pyridine rings is 1. The van der Waals surface area contributed by atoms with Crippen LogP contribution < -0.4 is 0 Å². The summed E-state index contributed by atoms with van der Waals surface area (Å²) in [6.07, 6.45) is 0. The molecule has 0 spiro atoms. The van der Waals surface area contributed by atoms with E-state index in [0.29, 0.717) is 11.3 Å². The van der Waals surface area contributed by atoms with Crippen LogP contribution in [-0.4, -0.2) is 4.98 Å². The van der Waals surface area contributed by atoms with Gasteiger partial charge in [0.2, 0.25) is 0 Å². The molecule has 0 saturated heterocycles. The van der Waals surface area contributed by atoms with Crippen molar-refractivity contribution < 1.29 is 8.78 Å². The second-order valence-electron chi connectivity index (χ2n) is 5.15. The van der Waals surface area contributed by atoms with Crippen LogP contribution in [0.5, 0.6) is 0 Å². The van der Waals surface area contributed by atoms with E-state index >= 15 is 0 Å². The highest BCUT2D eigenvalue weighted by Crippen LogP contribution is 2.33. The number of aromatic nitrogens is 1. The number of halogens is 2. The highest BCUT2D eigenvalue weighted by atomic mass is 19.1. The number of fused-ring (bicyclic) bond motifs is 3. The summed E-state index contributed by atoms with van der Waals surface area (Å²) >= 11 is 0. The number of benzene rings is 3. The van der Waals surface area contributed by atoms with Crippen molar-refractivity contribution in [3.63, 3.8) is 0 Å². The maximum absolute atomic E-state index is 14.2. The summed E-state index contributed by atoms with van der Waals surface area (Å²) in [5.74, 6) is -1.20. The molecule has 3 heteroatoms. The van der Waals surface area contributed by atoms with E-state index in [-0.39, 0.29) is 0 Å². The van der Waals surface area contributed by atoms with Crippen LogP contribution in [0, 0.1) is 11.6 Å². The fourth-order valence-corrected chi connectivity index (χ4v) is 2.79. The van der Waals surface area contributed by atoms with Crippen molar-refractivity contribution in [2.75, 3.05) is 0 Å². The molecule has 1 heterocycles. The fourth-order valence-electron chi connectivity index (χ4n) is 2.79. The summed E-state index contributed by atoms with van der Waals surface area (Å²) in [5.41, 5.74) is 1.63. The lowest BCUT2D eigenvalue weighted by molar-refractivity contribution is 0.585. The highest BCUT2D eigenvalue weighted by molar-refractivity contribution is 6.10. The van der Waals surface area contributed by atoms with Crippen LogP contribution in [0.2, 0.25) is 0 Å². The Morgan fingerprint density at radius 3 is 2.14 bits per heavy atom. The maximum atomic E-state index is 14.2. The number of nitrogens with zero attached hydrogens (tertiary/aromatic N) is 1. The summed E-state index contributed by atoms with van der Waals surface area (Å²) in [6, 6.07) is 19.1. The molecule has 0 aliphatic heterocycles. The third-order valence-corrected chi connectivity index (χ3v) is 3.79. The Kier molecular flexibility index (Phi) is 2.86. The molecule has 0 N–H and O–H groups in total. The largest absolute Gasteiger partial charge is 0.247 e. The van der Waals surface area contributed by atoms with E-state index in [9.17, 15) is 8.78 Å². The van der Waals surface area contributed by atoms with Crippen LogP contribution in [0.3, 0.4) is 0 Å². The van der Waals surface area contributed by atoms with Gasteiger partial charge in [-0.15, -0.1) is 0 Å². The van der Waals surface area contributed by atoms with E-state index in [0.717, 1.165) is 27.7 Å². The molecule has 0 saturated carbocycles. The molecular formula is C19H11F2N. The Morgan fingerprint density at radius 2 is 1.36 bits per heavy atom. The molecule has 0 amide bonds. The summed E-state index contributed by atoms with van der Waals surface area (Å²) in [5, 5.41) is 2.88. The van der Waals surface area contributed by atoms with Crippen molar-refractivity contribution in [2.24, 2.45) is 0 Å². The van der Waals surface area contributed by atoms with Crippen molar-refractivity contribution >= 4 is 21.7 Å². The van der Waals surface area contributed by atoms with E-state index in [1.165, 1.54) is 12.1 Å². The summed E-state index contributed by atoms with van der Waals surface area (Å²) < 4.78 is 27.4. The van der Waals surface area contributed by atoms with E-state index in [1.54, 1.807) is 0 Å². The number of hydrogen-bond donors (Lipinski definition) is 0. The monoisotopic (exact) mass is 291 g/mol. The first-order chi connectivity index (χ1) is 10.7. The predicted molar refractivity (Wildman–Crippen MR) is 84.6 cm³/mol. The molecule has 4 rings (SSSR count). The molecule has 106 valence electrons. The molecule has 1 nitrogen and oxygen atoms in total. The third kappa shape index (κ3) is 1.94. The van der Waals surface area contributed by atoms with E-state index < -0.39 is 11.6 Å². The molecule has 0 radical (unpaired) electrons. The van der Waals surface area contributed by atoms with Crippen molar-refractivity contribution in [3.05, 3.63) is 78.4 Å². The standard InChI is InChI=1S/C19H11F2N/c20-12-9-10-16(17(21)11-12)19-15-7-2-1-5-13(15)14-6-3-4-8-18(14)22-19/h1-11H. The van der Waals surface area contributed by atoms with Crippen LogP contribution in [0.1, 0.15) is 0 Å². The zero-order chi connectivity index (χ0) is 15.1. The number of para-hydroxylation sites is 1. The average molecular weight is 291 g/mol. The molecule has 0 aliphatic carbocycles. The minimum atomic E-state index is -0.604. The van der Waals surface area contributed by atoms with Crippen LogP contribution in [0.15, 0.2) is 66.7 Å². The minimum Gasteiger partial charge on any atom is -0.247 e. The highest BCUT2D eigenvalue weighted by Gasteiger charge is 2.13. The van der Waals surface area contributed by atoms with Gasteiger partial charge in [-0.05, 0) is 23.6 Å². The van der Waals surface area contributed by atoms with Crippen molar-refractivity contribution in [2.45, 2.75) is 0 Å².